The molecule has 0 bridgehead atoms. The Hall–Kier alpha value is -3.82. The molecule has 32 heavy (non-hydrogen) atoms. The first kappa shape index (κ1) is 20.1. The van der Waals surface area contributed by atoms with Crippen molar-refractivity contribution in [1.82, 2.24) is 14.0 Å². The van der Waals surface area contributed by atoms with Crippen molar-refractivity contribution in [2.45, 2.75) is 24.4 Å². The molecule has 0 aliphatic rings. The summed E-state index contributed by atoms with van der Waals surface area (Å²) in [4.78, 5) is 18.2. The SMILES string of the molecule is Cc1ccc(Cn2c(SCc3cn4ccccc4c3C#N)nc3ccccc3c2=O)cc1. The van der Waals surface area contributed by atoms with Gasteiger partial charge in [0.05, 0.1) is 28.5 Å². The molecule has 0 saturated carbocycles. The maximum Gasteiger partial charge on any atom is 0.262 e. The smallest absolute Gasteiger partial charge is 0.262 e. The number of fused-ring (bicyclic) bond motifs is 2. The fourth-order valence-electron chi connectivity index (χ4n) is 3.83. The van der Waals surface area contributed by atoms with Crippen LogP contribution in [0.25, 0.3) is 16.4 Å². The number of rotatable bonds is 5. The predicted octanol–water partition coefficient (Wildman–Crippen LogP) is 5.17. The van der Waals surface area contributed by atoms with E-state index in [4.69, 9.17) is 4.98 Å². The van der Waals surface area contributed by atoms with Gasteiger partial charge in [0.25, 0.3) is 5.56 Å². The van der Waals surface area contributed by atoms with Gasteiger partial charge >= 0.3 is 0 Å². The second-order valence-corrected chi connectivity index (χ2v) is 8.65. The van der Waals surface area contributed by atoms with E-state index in [1.165, 1.54) is 17.3 Å². The van der Waals surface area contributed by atoms with Crippen molar-refractivity contribution in [2.75, 3.05) is 0 Å². The molecule has 5 aromatic rings. The Kier molecular flexibility index (Phi) is 5.26. The van der Waals surface area contributed by atoms with Crippen LogP contribution in [-0.2, 0) is 12.3 Å². The molecule has 156 valence electrons. The zero-order chi connectivity index (χ0) is 22.1. The molecule has 0 atom stereocenters. The van der Waals surface area contributed by atoms with Crippen LogP contribution in [0.15, 0.2) is 89.1 Å². The lowest BCUT2D eigenvalue weighted by Crippen LogP contribution is -2.24. The first-order valence-electron chi connectivity index (χ1n) is 10.3. The minimum absolute atomic E-state index is 0.0544. The molecule has 2 aromatic carbocycles. The van der Waals surface area contributed by atoms with Gasteiger partial charge in [0, 0.05) is 18.1 Å². The third-order valence-corrected chi connectivity index (χ3v) is 6.54. The molecular weight excluding hydrogens is 416 g/mol. The summed E-state index contributed by atoms with van der Waals surface area (Å²) < 4.78 is 3.70. The number of para-hydroxylation sites is 1. The first-order chi connectivity index (χ1) is 15.6. The summed E-state index contributed by atoms with van der Waals surface area (Å²) in [5.41, 5.74) is 5.32. The van der Waals surface area contributed by atoms with Gasteiger partial charge in [0.15, 0.2) is 5.16 Å². The number of thioether (sulfide) groups is 1. The highest BCUT2D eigenvalue weighted by atomic mass is 32.2. The average molecular weight is 437 g/mol. The molecule has 0 spiro atoms. The number of pyridine rings is 1. The number of hydrogen-bond acceptors (Lipinski definition) is 4. The highest BCUT2D eigenvalue weighted by Crippen LogP contribution is 2.27. The molecule has 3 heterocycles. The largest absolute Gasteiger partial charge is 0.322 e. The summed E-state index contributed by atoms with van der Waals surface area (Å²) >= 11 is 1.48. The van der Waals surface area contributed by atoms with Crippen molar-refractivity contribution in [3.8, 4) is 6.07 Å². The van der Waals surface area contributed by atoms with Crippen LogP contribution in [0.2, 0.25) is 0 Å². The molecule has 0 aliphatic carbocycles. The van der Waals surface area contributed by atoms with E-state index in [1.54, 1.807) is 4.57 Å². The molecule has 0 fully saturated rings. The number of benzene rings is 2. The third-order valence-electron chi connectivity index (χ3n) is 5.52. The number of nitriles is 1. The van der Waals surface area contributed by atoms with Crippen LogP contribution >= 0.6 is 11.8 Å². The highest BCUT2D eigenvalue weighted by Gasteiger charge is 2.15. The molecule has 3 aromatic heterocycles. The Balaban J connectivity index is 1.56. The molecule has 5 rings (SSSR count). The van der Waals surface area contributed by atoms with Gasteiger partial charge in [0.1, 0.15) is 6.07 Å². The van der Waals surface area contributed by atoms with E-state index in [1.807, 2.05) is 90.4 Å². The summed E-state index contributed by atoms with van der Waals surface area (Å²) in [6, 6.07) is 23.8. The number of aryl methyl sites for hydroxylation is 1. The fourth-order valence-corrected chi connectivity index (χ4v) is 4.80. The zero-order valence-corrected chi connectivity index (χ0v) is 18.3. The standard InChI is InChI=1S/C26H20N4OS/c1-18-9-11-19(12-10-18)15-30-25(31)21-6-2-3-7-23(21)28-26(30)32-17-20-16-29-13-5-4-8-24(29)22(20)14-27/h2-13,16H,15,17H2,1H3. The number of aromatic nitrogens is 3. The van der Waals surface area contributed by atoms with Crippen LogP contribution in [0.5, 0.6) is 0 Å². The van der Waals surface area contributed by atoms with E-state index < -0.39 is 0 Å². The van der Waals surface area contributed by atoms with Crippen molar-refractivity contribution >= 4 is 28.2 Å². The summed E-state index contributed by atoms with van der Waals surface area (Å²) in [6.07, 6.45) is 3.91. The van der Waals surface area contributed by atoms with Crippen molar-refractivity contribution in [3.63, 3.8) is 0 Å². The van der Waals surface area contributed by atoms with E-state index in [0.29, 0.717) is 33.9 Å². The second kappa shape index (κ2) is 8.37. The van der Waals surface area contributed by atoms with Gasteiger partial charge in [-0.3, -0.25) is 9.36 Å². The molecule has 0 N–H and O–H groups in total. The summed E-state index contributed by atoms with van der Waals surface area (Å²) in [7, 11) is 0. The fraction of sp³-hybridized carbons (Fsp3) is 0.115. The second-order valence-electron chi connectivity index (χ2n) is 7.71. The van der Waals surface area contributed by atoms with Crippen LogP contribution in [0, 0.1) is 18.3 Å². The molecule has 0 radical (unpaired) electrons. The Labute approximate surface area is 189 Å². The normalized spacial score (nSPS) is 11.1. The van der Waals surface area contributed by atoms with E-state index in [0.717, 1.165) is 16.6 Å². The lowest BCUT2D eigenvalue weighted by atomic mass is 10.1. The molecule has 0 aliphatic heterocycles. The quantitative estimate of drug-likeness (QED) is 0.282. The van der Waals surface area contributed by atoms with Crippen molar-refractivity contribution < 1.29 is 0 Å². The Morgan fingerprint density at radius 3 is 2.62 bits per heavy atom. The van der Waals surface area contributed by atoms with Gasteiger partial charge in [-0.05, 0) is 42.3 Å². The number of hydrogen-bond donors (Lipinski definition) is 0. The predicted molar refractivity (Wildman–Crippen MR) is 128 cm³/mol. The van der Waals surface area contributed by atoms with Crippen LogP contribution in [0.1, 0.15) is 22.3 Å². The maximum absolute atomic E-state index is 13.3. The van der Waals surface area contributed by atoms with E-state index in [-0.39, 0.29) is 5.56 Å². The number of nitrogens with zero attached hydrogens (tertiary/aromatic N) is 4. The van der Waals surface area contributed by atoms with Crippen molar-refractivity contribution in [1.29, 1.82) is 5.26 Å². The minimum Gasteiger partial charge on any atom is -0.322 e. The zero-order valence-electron chi connectivity index (χ0n) is 17.5. The molecule has 5 nitrogen and oxygen atoms in total. The van der Waals surface area contributed by atoms with E-state index >= 15 is 0 Å². The Morgan fingerprint density at radius 2 is 1.81 bits per heavy atom. The van der Waals surface area contributed by atoms with E-state index in [2.05, 4.69) is 6.07 Å². The van der Waals surface area contributed by atoms with Gasteiger partial charge in [-0.25, -0.2) is 4.98 Å². The van der Waals surface area contributed by atoms with Crippen LogP contribution in [0.3, 0.4) is 0 Å². The van der Waals surface area contributed by atoms with Gasteiger partial charge in [0.2, 0.25) is 0 Å². The molecular formula is C26H20N4OS. The maximum atomic E-state index is 13.3. The van der Waals surface area contributed by atoms with Crippen LogP contribution in [-0.4, -0.2) is 14.0 Å². The minimum atomic E-state index is -0.0544. The topological polar surface area (TPSA) is 63.1 Å². The Morgan fingerprint density at radius 1 is 1.03 bits per heavy atom. The summed E-state index contributed by atoms with van der Waals surface area (Å²) in [5.74, 6) is 0.545. The lowest BCUT2D eigenvalue weighted by Gasteiger charge is -2.13. The molecule has 0 unspecified atom stereocenters. The molecule has 0 saturated heterocycles. The van der Waals surface area contributed by atoms with Crippen LogP contribution < -0.4 is 5.56 Å². The first-order valence-corrected chi connectivity index (χ1v) is 11.3. The van der Waals surface area contributed by atoms with Crippen molar-refractivity contribution in [2.24, 2.45) is 0 Å². The van der Waals surface area contributed by atoms with Gasteiger partial charge in [-0.2, -0.15) is 5.26 Å². The monoisotopic (exact) mass is 436 g/mol. The average Bonchev–Trinajstić information content (AvgIpc) is 3.18. The van der Waals surface area contributed by atoms with Gasteiger partial charge < -0.3 is 4.40 Å². The lowest BCUT2D eigenvalue weighted by molar-refractivity contribution is 0.658. The molecule has 0 amide bonds. The van der Waals surface area contributed by atoms with Crippen LogP contribution in [0.4, 0.5) is 0 Å². The van der Waals surface area contributed by atoms with Gasteiger partial charge in [-0.15, -0.1) is 0 Å². The van der Waals surface area contributed by atoms with Crippen molar-refractivity contribution in [3.05, 3.63) is 112 Å². The highest BCUT2D eigenvalue weighted by molar-refractivity contribution is 7.98. The summed E-state index contributed by atoms with van der Waals surface area (Å²) in [5, 5.41) is 11.0. The molecule has 6 heteroatoms. The van der Waals surface area contributed by atoms with Gasteiger partial charge in [-0.1, -0.05) is 59.8 Å². The van der Waals surface area contributed by atoms with E-state index in [9.17, 15) is 10.1 Å². The third kappa shape index (κ3) is 3.68. The Bertz CT molecular complexity index is 1540. The summed E-state index contributed by atoms with van der Waals surface area (Å²) in [6.45, 7) is 2.49.